The highest BCUT2D eigenvalue weighted by Gasteiger charge is 2.12. The minimum absolute atomic E-state index is 0.0763. The summed E-state index contributed by atoms with van der Waals surface area (Å²) >= 11 is 3.29. The van der Waals surface area contributed by atoms with Crippen molar-refractivity contribution in [3.05, 3.63) is 28.2 Å². The first-order chi connectivity index (χ1) is 7.54. The predicted molar refractivity (Wildman–Crippen MR) is 66.4 cm³/mol. The number of benzene rings is 1. The Labute approximate surface area is 102 Å². The summed E-state index contributed by atoms with van der Waals surface area (Å²) in [5.41, 5.74) is 6.34. The predicted octanol–water partition coefficient (Wildman–Crippen LogP) is 1.94. The number of nitrogens with one attached hydrogen (secondary N) is 1. The molecule has 0 aliphatic heterocycles. The van der Waals surface area contributed by atoms with E-state index in [4.69, 9.17) is 5.73 Å². The van der Waals surface area contributed by atoms with Crippen LogP contribution < -0.4 is 11.1 Å². The van der Waals surface area contributed by atoms with Crippen LogP contribution in [0.2, 0.25) is 0 Å². The van der Waals surface area contributed by atoms with Crippen LogP contribution in [-0.4, -0.2) is 18.2 Å². The summed E-state index contributed by atoms with van der Waals surface area (Å²) in [5.74, 6) is -0.281. The summed E-state index contributed by atoms with van der Waals surface area (Å²) in [7, 11) is 0. The molecule has 1 amide bonds. The van der Waals surface area contributed by atoms with Crippen molar-refractivity contribution in [2.75, 3.05) is 11.9 Å². The van der Waals surface area contributed by atoms with Crippen molar-refractivity contribution in [3.8, 4) is 0 Å². The van der Waals surface area contributed by atoms with Gasteiger partial charge < -0.3 is 11.1 Å². The molecule has 0 fully saturated rings. The van der Waals surface area contributed by atoms with Gasteiger partial charge in [0.1, 0.15) is 0 Å². The minimum Gasteiger partial charge on any atom is -0.330 e. The first-order valence-electron chi connectivity index (χ1n) is 4.85. The van der Waals surface area contributed by atoms with Crippen LogP contribution in [0.1, 0.15) is 23.7 Å². The number of hydrogen-bond donors (Lipinski definition) is 2. The molecule has 0 aliphatic carbocycles. The average Bonchev–Trinajstić information content (AvgIpc) is 2.20. The number of hydrogen-bond acceptors (Lipinski definition) is 3. The van der Waals surface area contributed by atoms with E-state index in [0.717, 1.165) is 4.47 Å². The van der Waals surface area contributed by atoms with Crippen LogP contribution in [0, 0.1) is 0 Å². The maximum Gasteiger partial charge on any atom is 0.221 e. The number of halogens is 1. The molecule has 16 heavy (non-hydrogen) atoms. The van der Waals surface area contributed by atoms with Crippen molar-refractivity contribution in [1.29, 1.82) is 0 Å². The van der Waals surface area contributed by atoms with Gasteiger partial charge in [-0.05, 0) is 24.7 Å². The Morgan fingerprint density at radius 3 is 2.69 bits per heavy atom. The van der Waals surface area contributed by atoms with Gasteiger partial charge in [0.25, 0.3) is 0 Å². The molecule has 4 nitrogen and oxygen atoms in total. The number of Topliss-reactive ketones (excluding diaryl/α,β-unsaturated/α-hetero) is 1. The molecule has 3 N–H and O–H groups in total. The second-order valence-electron chi connectivity index (χ2n) is 3.33. The SMILES string of the molecule is CC(=O)Nc1ccc(Br)cc1C(=O)CCN. The summed E-state index contributed by atoms with van der Waals surface area (Å²) in [5, 5.41) is 2.62. The minimum atomic E-state index is -0.205. The maximum atomic E-state index is 11.7. The van der Waals surface area contributed by atoms with Crippen molar-refractivity contribution in [2.24, 2.45) is 5.73 Å². The summed E-state index contributed by atoms with van der Waals surface area (Å²) in [4.78, 5) is 22.7. The Bertz CT molecular complexity index is 418. The fourth-order valence-electron chi connectivity index (χ4n) is 1.31. The summed E-state index contributed by atoms with van der Waals surface area (Å²) in [6, 6.07) is 5.14. The van der Waals surface area contributed by atoms with E-state index in [-0.39, 0.29) is 18.1 Å². The first-order valence-corrected chi connectivity index (χ1v) is 5.64. The van der Waals surface area contributed by atoms with E-state index in [0.29, 0.717) is 17.8 Å². The van der Waals surface area contributed by atoms with Gasteiger partial charge in [0, 0.05) is 23.4 Å². The van der Waals surface area contributed by atoms with Crippen molar-refractivity contribution in [2.45, 2.75) is 13.3 Å². The molecule has 0 atom stereocenters. The topological polar surface area (TPSA) is 72.2 Å². The number of ketones is 1. The van der Waals surface area contributed by atoms with Crippen LogP contribution >= 0.6 is 15.9 Å². The second kappa shape index (κ2) is 5.77. The Balaban J connectivity index is 3.07. The van der Waals surface area contributed by atoms with Crippen LogP contribution in [0.3, 0.4) is 0 Å². The van der Waals surface area contributed by atoms with E-state index >= 15 is 0 Å². The van der Waals surface area contributed by atoms with Crippen LogP contribution in [0.5, 0.6) is 0 Å². The molecule has 0 heterocycles. The van der Waals surface area contributed by atoms with Crippen LogP contribution in [-0.2, 0) is 4.79 Å². The number of rotatable bonds is 4. The average molecular weight is 285 g/mol. The molecule has 1 rings (SSSR count). The lowest BCUT2D eigenvalue weighted by Gasteiger charge is -2.09. The molecule has 0 saturated carbocycles. The van der Waals surface area contributed by atoms with Crippen molar-refractivity contribution >= 4 is 33.3 Å². The quantitative estimate of drug-likeness (QED) is 0.830. The fraction of sp³-hybridized carbons (Fsp3) is 0.273. The van der Waals surface area contributed by atoms with Gasteiger partial charge in [-0.1, -0.05) is 15.9 Å². The van der Waals surface area contributed by atoms with E-state index < -0.39 is 0 Å². The van der Waals surface area contributed by atoms with Gasteiger partial charge in [-0.3, -0.25) is 9.59 Å². The van der Waals surface area contributed by atoms with Gasteiger partial charge >= 0.3 is 0 Å². The lowest BCUT2D eigenvalue weighted by molar-refractivity contribution is -0.114. The highest BCUT2D eigenvalue weighted by atomic mass is 79.9. The Morgan fingerprint density at radius 1 is 1.44 bits per heavy atom. The number of amides is 1. The van der Waals surface area contributed by atoms with Crippen LogP contribution in [0.15, 0.2) is 22.7 Å². The number of nitrogens with two attached hydrogens (primary N) is 1. The van der Waals surface area contributed by atoms with E-state index in [1.807, 2.05) is 0 Å². The van der Waals surface area contributed by atoms with Crippen LogP contribution in [0.4, 0.5) is 5.69 Å². The Kier molecular flexibility index (Phi) is 4.64. The number of anilines is 1. The Hall–Kier alpha value is -1.20. The highest BCUT2D eigenvalue weighted by Crippen LogP contribution is 2.22. The highest BCUT2D eigenvalue weighted by molar-refractivity contribution is 9.10. The van der Waals surface area contributed by atoms with Gasteiger partial charge in [-0.2, -0.15) is 0 Å². The van der Waals surface area contributed by atoms with Crippen LogP contribution in [0.25, 0.3) is 0 Å². The smallest absolute Gasteiger partial charge is 0.221 e. The maximum absolute atomic E-state index is 11.7. The lowest BCUT2D eigenvalue weighted by Crippen LogP contribution is -2.13. The zero-order valence-electron chi connectivity index (χ0n) is 8.92. The fourth-order valence-corrected chi connectivity index (χ4v) is 1.67. The molecular formula is C11H13BrN2O2. The third kappa shape index (κ3) is 3.43. The first kappa shape index (κ1) is 12.9. The van der Waals surface area contributed by atoms with Gasteiger partial charge in [-0.25, -0.2) is 0 Å². The summed E-state index contributed by atoms with van der Waals surface area (Å²) in [6.07, 6.45) is 0.267. The van der Waals surface area contributed by atoms with E-state index in [2.05, 4.69) is 21.2 Å². The molecule has 5 heteroatoms. The molecule has 1 aromatic carbocycles. The summed E-state index contributed by atoms with van der Waals surface area (Å²) < 4.78 is 0.793. The zero-order valence-corrected chi connectivity index (χ0v) is 10.5. The van der Waals surface area contributed by atoms with E-state index in [1.54, 1.807) is 18.2 Å². The largest absolute Gasteiger partial charge is 0.330 e. The van der Waals surface area contributed by atoms with Gasteiger partial charge in [0.05, 0.1) is 5.69 Å². The lowest BCUT2D eigenvalue weighted by atomic mass is 10.1. The van der Waals surface area contributed by atoms with Gasteiger partial charge in [-0.15, -0.1) is 0 Å². The standard InChI is InChI=1S/C11H13BrN2O2/c1-7(15)14-10-3-2-8(12)6-9(10)11(16)4-5-13/h2-3,6H,4-5,13H2,1H3,(H,14,15). The number of carbonyl (C=O) groups is 2. The normalized spacial score (nSPS) is 9.94. The van der Waals surface area contributed by atoms with Crippen molar-refractivity contribution in [3.63, 3.8) is 0 Å². The number of carbonyl (C=O) groups excluding carboxylic acids is 2. The van der Waals surface area contributed by atoms with Gasteiger partial charge in [0.15, 0.2) is 5.78 Å². The molecule has 0 aromatic heterocycles. The van der Waals surface area contributed by atoms with Gasteiger partial charge in [0.2, 0.25) is 5.91 Å². The second-order valence-corrected chi connectivity index (χ2v) is 4.25. The molecule has 86 valence electrons. The third-order valence-electron chi connectivity index (χ3n) is 1.96. The zero-order chi connectivity index (χ0) is 12.1. The summed E-state index contributed by atoms with van der Waals surface area (Å²) in [6.45, 7) is 1.70. The molecule has 0 bridgehead atoms. The molecule has 0 radical (unpaired) electrons. The Morgan fingerprint density at radius 2 is 2.12 bits per heavy atom. The molecule has 0 saturated heterocycles. The molecule has 0 spiro atoms. The van der Waals surface area contributed by atoms with Crippen molar-refractivity contribution < 1.29 is 9.59 Å². The monoisotopic (exact) mass is 284 g/mol. The van der Waals surface area contributed by atoms with Crippen molar-refractivity contribution in [1.82, 2.24) is 0 Å². The molecule has 1 aromatic rings. The van der Waals surface area contributed by atoms with E-state index in [9.17, 15) is 9.59 Å². The molecular weight excluding hydrogens is 272 g/mol. The third-order valence-corrected chi connectivity index (χ3v) is 2.46. The van der Waals surface area contributed by atoms with E-state index in [1.165, 1.54) is 6.92 Å². The molecule has 0 aliphatic rings. The molecule has 0 unspecified atom stereocenters.